The highest BCUT2D eigenvalue weighted by atomic mass is 16.6. The van der Waals surface area contributed by atoms with Crippen molar-refractivity contribution in [3.05, 3.63) is 35.9 Å². The molecule has 0 bridgehead atoms. The van der Waals surface area contributed by atoms with Crippen LogP contribution in [0.15, 0.2) is 30.3 Å². The van der Waals surface area contributed by atoms with E-state index in [2.05, 4.69) is 42.2 Å². The molecular formula is C26H42N2O2. The number of hydrogen-bond acceptors (Lipinski definition) is 3. The van der Waals surface area contributed by atoms with Gasteiger partial charge in [-0.15, -0.1) is 0 Å². The number of likely N-dealkylation sites (tertiary alicyclic amines) is 1. The Balaban J connectivity index is 1.64. The molecule has 1 saturated heterocycles. The molecule has 0 radical (unpaired) electrons. The molecular weight excluding hydrogens is 372 g/mol. The van der Waals surface area contributed by atoms with Gasteiger partial charge in [-0.25, -0.2) is 4.79 Å². The van der Waals surface area contributed by atoms with Crippen LogP contribution in [0.5, 0.6) is 0 Å². The van der Waals surface area contributed by atoms with Gasteiger partial charge in [0.25, 0.3) is 0 Å². The van der Waals surface area contributed by atoms with E-state index >= 15 is 0 Å². The molecule has 1 aliphatic heterocycles. The fourth-order valence-corrected chi connectivity index (χ4v) is 5.51. The molecule has 2 fully saturated rings. The van der Waals surface area contributed by atoms with Crippen LogP contribution in [-0.2, 0) is 11.3 Å². The van der Waals surface area contributed by atoms with Crippen molar-refractivity contribution < 1.29 is 9.53 Å². The number of rotatable bonds is 6. The molecule has 1 aromatic rings. The minimum atomic E-state index is -0.437. The van der Waals surface area contributed by atoms with E-state index in [9.17, 15) is 4.79 Å². The van der Waals surface area contributed by atoms with E-state index in [0.717, 1.165) is 19.6 Å². The minimum Gasteiger partial charge on any atom is -0.444 e. The first-order valence-electron chi connectivity index (χ1n) is 12.1. The van der Waals surface area contributed by atoms with Crippen molar-refractivity contribution in [2.45, 2.75) is 84.8 Å². The van der Waals surface area contributed by atoms with Crippen molar-refractivity contribution in [3.8, 4) is 0 Å². The lowest BCUT2D eigenvalue weighted by Gasteiger charge is -2.49. The normalized spacial score (nSPS) is 20.7. The lowest BCUT2D eigenvalue weighted by atomic mass is 9.62. The monoisotopic (exact) mass is 414 g/mol. The van der Waals surface area contributed by atoms with Gasteiger partial charge in [-0.1, -0.05) is 49.6 Å². The van der Waals surface area contributed by atoms with E-state index in [-0.39, 0.29) is 11.5 Å². The third-order valence-corrected chi connectivity index (χ3v) is 7.09. The SMILES string of the molecule is CCN(CC1(C2CCN(Cc3ccccc3)CC2)CCCCC1)C(=O)OC(C)(C)C. The molecule has 0 unspecified atom stereocenters. The first-order valence-corrected chi connectivity index (χ1v) is 12.1. The second-order valence-electron chi connectivity index (χ2n) is 10.5. The second-order valence-corrected chi connectivity index (χ2v) is 10.5. The average molecular weight is 415 g/mol. The molecule has 0 spiro atoms. The van der Waals surface area contributed by atoms with Crippen LogP contribution >= 0.6 is 0 Å². The average Bonchev–Trinajstić information content (AvgIpc) is 2.73. The van der Waals surface area contributed by atoms with Crippen LogP contribution in [-0.4, -0.2) is 47.7 Å². The zero-order valence-corrected chi connectivity index (χ0v) is 19.7. The van der Waals surface area contributed by atoms with Gasteiger partial charge < -0.3 is 9.64 Å². The van der Waals surface area contributed by atoms with E-state index in [0.29, 0.717) is 5.92 Å². The molecule has 168 valence electrons. The second kappa shape index (κ2) is 10.2. The van der Waals surface area contributed by atoms with Crippen molar-refractivity contribution in [3.63, 3.8) is 0 Å². The van der Waals surface area contributed by atoms with Gasteiger partial charge in [0, 0.05) is 19.6 Å². The standard InChI is InChI=1S/C26H42N2O2/c1-5-28(24(29)30-25(2,3)4)21-26(16-10-7-11-17-26)23-14-18-27(19-15-23)20-22-12-8-6-9-13-22/h6,8-9,12-13,23H,5,7,10-11,14-21H2,1-4H3. The zero-order valence-electron chi connectivity index (χ0n) is 19.7. The number of ether oxygens (including phenoxy) is 1. The summed E-state index contributed by atoms with van der Waals surface area (Å²) in [6.45, 7) is 12.9. The molecule has 3 rings (SSSR count). The van der Waals surface area contributed by atoms with Crippen LogP contribution in [0, 0.1) is 11.3 Å². The van der Waals surface area contributed by atoms with Gasteiger partial charge in [-0.3, -0.25) is 4.90 Å². The third kappa shape index (κ3) is 6.23. The molecule has 1 saturated carbocycles. The third-order valence-electron chi connectivity index (χ3n) is 7.09. The van der Waals surface area contributed by atoms with Crippen LogP contribution < -0.4 is 0 Å². The van der Waals surface area contributed by atoms with Gasteiger partial charge in [-0.2, -0.15) is 0 Å². The Kier molecular flexibility index (Phi) is 7.84. The Hall–Kier alpha value is -1.55. The van der Waals surface area contributed by atoms with Gasteiger partial charge in [0.05, 0.1) is 0 Å². The topological polar surface area (TPSA) is 32.8 Å². The first-order chi connectivity index (χ1) is 14.3. The maximum Gasteiger partial charge on any atom is 0.410 e. The summed E-state index contributed by atoms with van der Waals surface area (Å²) in [6, 6.07) is 10.8. The number of carbonyl (C=O) groups is 1. The molecule has 1 aliphatic carbocycles. The molecule has 2 aliphatic rings. The van der Waals surface area contributed by atoms with Gasteiger partial charge in [0.2, 0.25) is 0 Å². The van der Waals surface area contributed by atoms with Crippen LogP contribution in [0.3, 0.4) is 0 Å². The van der Waals surface area contributed by atoms with Crippen LogP contribution in [0.4, 0.5) is 4.79 Å². The van der Waals surface area contributed by atoms with Crippen molar-refractivity contribution in [1.82, 2.24) is 9.80 Å². The Bertz CT molecular complexity index is 653. The first kappa shape index (κ1) is 23.1. The summed E-state index contributed by atoms with van der Waals surface area (Å²) in [5.41, 5.74) is 1.24. The van der Waals surface area contributed by atoms with E-state index in [1.807, 2.05) is 25.7 Å². The van der Waals surface area contributed by atoms with Crippen molar-refractivity contribution in [2.75, 3.05) is 26.2 Å². The van der Waals surface area contributed by atoms with Crippen LogP contribution in [0.1, 0.15) is 78.2 Å². The number of benzene rings is 1. The lowest BCUT2D eigenvalue weighted by molar-refractivity contribution is -0.0133. The maximum atomic E-state index is 12.8. The molecule has 0 N–H and O–H groups in total. The molecule has 4 heteroatoms. The fraction of sp³-hybridized carbons (Fsp3) is 0.731. The summed E-state index contributed by atoms with van der Waals surface area (Å²) in [4.78, 5) is 17.4. The maximum absolute atomic E-state index is 12.8. The highest BCUT2D eigenvalue weighted by Gasteiger charge is 2.43. The quantitative estimate of drug-likeness (QED) is 0.563. The number of carbonyl (C=O) groups excluding carboxylic acids is 1. The molecule has 30 heavy (non-hydrogen) atoms. The van der Waals surface area contributed by atoms with E-state index in [4.69, 9.17) is 4.74 Å². The Morgan fingerprint density at radius 3 is 2.30 bits per heavy atom. The largest absolute Gasteiger partial charge is 0.444 e. The molecule has 1 amide bonds. The Labute approximate surface area is 184 Å². The number of amides is 1. The zero-order chi connectivity index (χ0) is 21.6. The highest BCUT2D eigenvalue weighted by molar-refractivity contribution is 5.68. The van der Waals surface area contributed by atoms with Crippen molar-refractivity contribution >= 4 is 6.09 Å². The van der Waals surface area contributed by atoms with E-state index in [1.165, 1.54) is 63.6 Å². The van der Waals surface area contributed by atoms with Gasteiger partial charge in [-0.05, 0) is 83.4 Å². The predicted molar refractivity (Wildman–Crippen MR) is 123 cm³/mol. The van der Waals surface area contributed by atoms with Gasteiger partial charge in [0.1, 0.15) is 5.60 Å². The molecule has 0 aromatic heterocycles. The summed E-state index contributed by atoms with van der Waals surface area (Å²) >= 11 is 0. The summed E-state index contributed by atoms with van der Waals surface area (Å²) in [6.07, 6.45) is 8.82. The Morgan fingerprint density at radius 2 is 1.73 bits per heavy atom. The number of piperidine rings is 1. The molecule has 0 atom stereocenters. The summed E-state index contributed by atoms with van der Waals surface area (Å²) in [5.74, 6) is 0.710. The van der Waals surface area contributed by atoms with Crippen molar-refractivity contribution in [1.29, 1.82) is 0 Å². The smallest absolute Gasteiger partial charge is 0.410 e. The predicted octanol–water partition coefficient (Wildman–Crippen LogP) is 6.11. The van der Waals surface area contributed by atoms with Crippen LogP contribution in [0.25, 0.3) is 0 Å². The fourth-order valence-electron chi connectivity index (χ4n) is 5.51. The minimum absolute atomic E-state index is 0.142. The van der Waals surface area contributed by atoms with E-state index < -0.39 is 5.60 Å². The molecule has 1 heterocycles. The van der Waals surface area contributed by atoms with E-state index in [1.54, 1.807) is 0 Å². The van der Waals surface area contributed by atoms with Crippen LogP contribution in [0.2, 0.25) is 0 Å². The highest BCUT2D eigenvalue weighted by Crippen LogP contribution is 2.47. The lowest BCUT2D eigenvalue weighted by Crippen LogP contribution is -2.50. The van der Waals surface area contributed by atoms with Gasteiger partial charge >= 0.3 is 6.09 Å². The summed E-state index contributed by atoms with van der Waals surface area (Å²) < 4.78 is 5.73. The summed E-state index contributed by atoms with van der Waals surface area (Å²) in [7, 11) is 0. The van der Waals surface area contributed by atoms with Crippen molar-refractivity contribution in [2.24, 2.45) is 11.3 Å². The summed E-state index contributed by atoms with van der Waals surface area (Å²) in [5, 5.41) is 0. The molecule has 1 aromatic carbocycles. The Morgan fingerprint density at radius 1 is 1.10 bits per heavy atom. The van der Waals surface area contributed by atoms with Gasteiger partial charge in [0.15, 0.2) is 0 Å². The number of nitrogens with zero attached hydrogens (tertiary/aromatic N) is 2. The molecule has 4 nitrogen and oxygen atoms in total. The number of hydrogen-bond donors (Lipinski definition) is 0.